The topological polar surface area (TPSA) is 70.5 Å². The first kappa shape index (κ1) is 25.4. The standard InChI is InChI=1S/C27H38FN5O2/c1-27(2,18-31(3)4)17-29-25(34)19-13-15-32(16-14-19)26(35)24-22-7-5-6-8-23(22)33(30-24)21-11-9-20(28)10-12-21/h9-12,19H,5-8,13-18H2,1-4H3,(H,29,34). The van der Waals surface area contributed by atoms with Crippen LogP contribution < -0.4 is 5.32 Å². The summed E-state index contributed by atoms with van der Waals surface area (Å²) in [6.45, 7) is 6.94. The average molecular weight is 484 g/mol. The number of halogens is 1. The number of amides is 2. The van der Waals surface area contributed by atoms with E-state index < -0.39 is 0 Å². The summed E-state index contributed by atoms with van der Waals surface area (Å²) in [6.07, 6.45) is 5.10. The van der Waals surface area contributed by atoms with Crippen LogP contribution in [-0.2, 0) is 17.6 Å². The number of benzene rings is 1. The summed E-state index contributed by atoms with van der Waals surface area (Å²) in [6, 6.07) is 6.25. The molecule has 2 aromatic rings. The van der Waals surface area contributed by atoms with E-state index in [1.165, 1.54) is 12.1 Å². The second kappa shape index (κ2) is 10.5. The third-order valence-corrected chi connectivity index (χ3v) is 7.09. The lowest BCUT2D eigenvalue weighted by molar-refractivity contribution is -0.126. The summed E-state index contributed by atoms with van der Waals surface area (Å²) in [4.78, 5) is 30.2. The summed E-state index contributed by atoms with van der Waals surface area (Å²) in [5, 5.41) is 7.85. The van der Waals surface area contributed by atoms with Gasteiger partial charge >= 0.3 is 0 Å². The number of nitrogens with zero attached hydrogens (tertiary/aromatic N) is 4. The molecular weight excluding hydrogens is 445 g/mol. The number of piperidine rings is 1. The zero-order valence-corrected chi connectivity index (χ0v) is 21.4. The molecule has 2 heterocycles. The van der Waals surface area contributed by atoms with Crippen LogP contribution in [0.2, 0.25) is 0 Å². The van der Waals surface area contributed by atoms with Gasteiger partial charge in [-0.15, -0.1) is 0 Å². The molecule has 190 valence electrons. The van der Waals surface area contributed by atoms with Crippen LogP contribution in [0.5, 0.6) is 0 Å². The van der Waals surface area contributed by atoms with Crippen molar-refractivity contribution in [1.29, 1.82) is 0 Å². The van der Waals surface area contributed by atoms with Gasteiger partial charge in [0.05, 0.1) is 5.69 Å². The Kier molecular flexibility index (Phi) is 7.59. The van der Waals surface area contributed by atoms with Crippen LogP contribution in [0.3, 0.4) is 0 Å². The lowest BCUT2D eigenvalue weighted by Crippen LogP contribution is -2.46. The van der Waals surface area contributed by atoms with Crippen LogP contribution >= 0.6 is 0 Å². The lowest BCUT2D eigenvalue weighted by Gasteiger charge is -2.33. The van der Waals surface area contributed by atoms with Crippen molar-refractivity contribution in [2.24, 2.45) is 11.3 Å². The summed E-state index contributed by atoms with van der Waals surface area (Å²) in [5.74, 6) is -0.337. The molecule has 1 aromatic heterocycles. The van der Waals surface area contributed by atoms with Crippen LogP contribution in [0.15, 0.2) is 24.3 Å². The second-order valence-electron chi connectivity index (χ2n) is 11.1. The monoisotopic (exact) mass is 483 g/mol. The van der Waals surface area contributed by atoms with Gasteiger partial charge < -0.3 is 15.1 Å². The summed E-state index contributed by atoms with van der Waals surface area (Å²) < 4.78 is 15.3. The fraction of sp³-hybridized carbons (Fsp3) is 0.593. The minimum atomic E-state index is -0.292. The Morgan fingerprint density at radius 3 is 2.43 bits per heavy atom. The zero-order chi connectivity index (χ0) is 25.2. The molecule has 35 heavy (non-hydrogen) atoms. The zero-order valence-electron chi connectivity index (χ0n) is 21.4. The van der Waals surface area contributed by atoms with Gasteiger partial charge in [-0.2, -0.15) is 5.10 Å². The first-order valence-corrected chi connectivity index (χ1v) is 12.7. The molecule has 1 N–H and O–H groups in total. The van der Waals surface area contributed by atoms with Gasteiger partial charge in [0.15, 0.2) is 5.69 Å². The van der Waals surface area contributed by atoms with Crippen LogP contribution in [0.4, 0.5) is 4.39 Å². The fourth-order valence-corrected chi connectivity index (χ4v) is 5.44. The van der Waals surface area contributed by atoms with Crippen LogP contribution in [0.25, 0.3) is 5.69 Å². The van der Waals surface area contributed by atoms with Gasteiger partial charge in [0, 0.05) is 43.4 Å². The Bertz CT molecular complexity index is 1050. The van der Waals surface area contributed by atoms with Crippen LogP contribution in [-0.4, -0.2) is 71.7 Å². The molecular formula is C27H38FN5O2. The molecule has 1 aliphatic carbocycles. The SMILES string of the molecule is CN(C)CC(C)(C)CNC(=O)C1CCN(C(=O)c2nn(-c3ccc(F)cc3)c3c2CCCC3)CC1. The minimum absolute atomic E-state index is 0.00172. The highest BCUT2D eigenvalue weighted by molar-refractivity contribution is 5.94. The number of hydrogen-bond donors (Lipinski definition) is 1. The van der Waals surface area contributed by atoms with Crippen molar-refractivity contribution >= 4 is 11.8 Å². The first-order valence-electron chi connectivity index (χ1n) is 12.7. The lowest BCUT2D eigenvalue weighted by atomic mass is 9.91. The molecule has 0 spiro atoms. The number of nitrogens with one attached hydrogen (secondary N) is 1. The third-order valence-electron chi connectivity index (χ3n) is 7.09. The van der Waals surface area contributed by atoms with Crippen molar-refractivity contribution in [3.63, 3.8) is 0 Å². The van der Waals surface area contributed by atoms with Crippen molar-refractivity contribution in [2.75, 3.05) is 40.3 Å². The van der Waals surface area contributed by atoms with E-state index in [9.17, 15) is 14.0 Å². The van der Waals surface area contributed by atoms with E-state index >= 15 is 0 Å². The Morgan fingerprint density at radius 1 is 1.11 bits per heavy atom. The Labute approximate surface area is 207 Å². The molecule has 1 aromatic carbocycles. The van der Waals surface area contributed by atoms with E-state index in [1.54, 1.807) is 12.1 Å². The van der Waals surface area contributed by atoms with Crippen molar-refractivity contribution in [3.05, 3.63) is 47.0 Å². The van der Waals surface area contributed by atoms with E-state index in [4.69, 9.17) is 5.10 Å². The molecule has 2 amide bonds. The average Bonchev–Trinajstić information content (AvgIpc) is 3.22. The molecule has 1 aliphatic heterocycles. The fourth-order valence-electron chi connectivity index (χ4n) is 5.44. The highest BCUT2D eigenvalue weighted by atomic mass is 19.1. The molecule has 0 bridgehead atoms. The van der Waals surface area contributed by atoms with Crippen molar-refractivity contribution < 1.29 is 14.0 Å². The van der Waals surface area contributed by atoms with Gasteiger partial charge in [0.1, 0.15) is 5.82 Å². The van der Waals surface area contributed by atoms with E-state index in [0.29, 0.717) is 38.2 Å². The Hall–Kier alpha value is -2.74. The maximum atomic E-state index is 13.5. The van der Waals surface area contributed by atoms with Gasteiger partial charge in [-0.05, 0) is 82.3 Å². The van der Waals surface area contributed by atoms with Gasteiger partial charge in [-0.25, -0.2) is 9.07 Å². The van der Waals surface area contributed by atoms with Gasteiger partial charge in [-0.3, -0.25) is 9.59 Å². The summed E-state index contributed by atoms with van der Waals surface area (Å²) in [5.41, 5.74) is 3.36. The molecule has 0 atom stereocenters. The number of rotatable bonds is 7. The van der Waals surface area contributed by atoms with Crippen LogP contribution in [0, 0.1) is 17.2 Å². The first-order chi connectivity index (χ1) is 16.6. The van der Waals surface area contributed by atoms with E-state index in [-0.39, 0.29) is 29.0 Å². The Morgan fingerprint density at radius 2 is 1.77 bits per heavy atom. The molecule has 0 radical (unpaired) electrons. The number of hydrogen-bond acceptors (Lipinski definition) is 4. The van der Waals surface area contributed by atoms with Crippen molar-refractivity contribution in [1.82, 2.24) is 24.9 Å². The Balaban J connectivity index is 1.41. The third kappa shape index (κ3) is 5.92. The van der Waals surface area contributed by atoms with E-state index in [1.807, 2.05) is 23.7 Å². The predicted octanol–water partition coefficient (Wildman–Crippen LogP) is 3.45. The smallest absolute Gasteiger partial charge is 0.274 e. The maximum Gasteiger partial charge on any atom is 0.274 e. The highest BCUT2D eigenvalue weighted by Crippen LogP contribution is 2.29. The van der Waals surface area contributed by atoms with Gasteiger partial charge in [-0.1, -0.05) is 13.8 Å². The minimum Gasteiger partial charge on any atom is -0.355 e. The van der Waals surface area contributed by atoms with E-state index in [0.717, 1.165) is 49.2 Å². The molecule has 1 saturated heterocycles. The largest absolute Gasteiger partial charge is 0.355 e. The number of aromatic nitrogens is 2. The highest BCUT2D eigenvalue weighted by Gasteiger charge is 2.33. The molecule has 4 rings (SSSR count). The molecule has 7 nitrogen and oxygen atoms in total. The van der Waals surface area contributed by atoms with Gasteiger partial charge in [0.25, 0.3) is 5.91 Å². The second-order valence-corrected chi connectivity index (χ2v) is 11.1. The van der Waals surface area contributed by atoms with Gasteiger partial charge in [0.2, 0.25) is 5.91 Å². The maximum absolute atomic E-state index is 13.5. The number of carbonyl (C=O) groups is 2. The molecule has 1 fully saturated rings. The number of likely N-dealkylation sites (tertiary alicyclic amines) is 1. The molecule has 0 unspecified atom stereocenters. The van der Waals surface area contributed by atoms with E-state index in [2.05, 4.69) is 24.1 Å². The normalized spacial score (nSPS) is 16.9. The molecule has 2 aliphatic rings. The number of fused-ring (bicyclic) bond motifs is 1. The van der Waals surface area contributed by atoms with Crippen molar-refractivity contribution in [3.8, 4) is 5.69 Å². The van der Waals surface area contributed by atoms with Crippen molar-refractivity contribution in [2.45, 2.75) is 52.4 Å². The molecule has 8 heteroatoms. The molecule has 0 saturated carbocycles. The predicted molar refractivity (Wildman–Crippen MR) is 134 cm³/mol. The summed E-state index contributed by atoms with van der Waals surface area (Å²) in [7, 11) is 4.08. The van der Waals surface area contributed by atoms with Crippen LogP contribution in [0.1, 0.15) is 61.3 Å². The quantitative estimate of drug-likeness (QED) is 0.655. The number of carbonyl (C=O) groups excluding carboxylic acids is 2. The summed E-state index contributed by atoms with van der Waals surface area (Å²) >= 11 is 0.